The molecule has 2 aliphatic heterocycles. The number of hydrogen-bond donors (Lipinski definition) is 2. The zero-order chi connectivity index (χ0) is 22.9. The SMILES string of the molecule is CC1CCCCN1c1cc(N2CCCCCC2)nc(NC(=S)NCCCc2ccccc2)n1. The monoisotopic (exact) mass is 466 g/mol. The van der Waals surface area contributed by atoms with Gasteiger partial charge in [0.25, 0.3) is 0 Å². The third-order valence-corrected chi connectivity index (χ3v) is 6.97. The molecule has 0 radical (unpaired) electrons. The number of rotatable bonds is 7. The van der Waals surface area contributed by atoms with Gasteiger partial charge in [0.15, 0.2) is 5.11 Å². The number of aromatic nitrogens is 2. The van der Waals surface area contributed by atoms with Crippen LogP contribution < -0.4 is 20.4 Å². The highest BCUT2D eigenvalue weighted by Crippen LogP contribution is 2.28. The van der Waals surface area contributed by atoms with Crippen LogP contribution in [0.1, 0.15) is 63.9 Å². The minimum atomic E-state index is 0.501. The second-order valence-electron chi connectivity index (χ2n) is 9.32. The zero-order valence-corrected chi connectivity index (χ0v) is 20.7. The van der Waals surface area contributed by atoms with Gasteiger partial charge in [0.05, 0.1) is 0 Å². The number of anilines is 3. The molecule has 178 valence electrons. The van der Waals surface area contributed by atoms with Gasteiger partial charge in [-0.25, -0.2) is 0 Å². The van der Waals surface area contributed by atoms with E-state index in [1.54, 1.807) is 0 Å². The van der Waals surface area contributed by atoms with Crippen LogP contribution >= 0.6 is 12.2 Å². The van der Waals surface area contributed by atoms with Gasteiger partial charge in [-0.05, 0) is 69.7 Å². The quantitative estimate of drug-likeness (QED) is 0.432. The van der Waals surface area contributed by atoms with Gasteiger partial charge in [0.1, 0.15) is 11.6 Å². The van der Waals surface area contributed by atoms with Crippen molar-refractivity contribution in [2.75, 3.05) is 41.3 Å². The largest absolute Gasteiger partial charge is 0.362 e. The first-order valence-corrected chi connectivity index (χ1v) is 13.1. The van der Waals surface area contributed by atoms with E-state index in [4.69, 9.17) is 22.2 Å². The van der Waals surface area contributed by atoms with Crippen molar-refractivity contribution in [1.29, 1.82) is 0 Å². The van der Waals surface area contributed by atoms with Crippen LogP contribution in [0.4, 0.5) is 17.6 Å². The second-order valence-corrected chi connectivity index (χ2v) is 9.73. The van der Waals surface area contributed by atoms with Gasteiger partial charge in [-0.3, -0.25) is 0 Å². The Morgan fingerprint density at radius 2 is 1.70 bits per heavy atom. The third kappa shape index (κ3) is 7.03. The predicted molar refractivity (Wildman–Crippen MR) is 142 cm³/mol. The smallest absolute Gasteiger partial charge is 0.232 e. The van der Waals surface area contributed by atoms with Crippen molar-refractivity contribution >= 4 is 34.9 Å². The lowest BCUT2D eigenvalue weighted by Gasteiger charge is -2.35. The Bertz CT molecular complexity index is 882. The molecule has 2 fully saturated rings. The highest BCUT2D eigenvalue weighted by Gasteiger charge is 2.22. The lowest BCUT2D eigenvalue weighted by molar-refractivity contribution is 0.481. The molecule has 2 N–H and O–H groups in total. The molecule has 2 saturated heterocycles. The summed E-state index contributed by atoms with van der Waals surface area (Å²) in [5.74, 6) is 2.64. The lowest BCUT2D eigenvalue weighted by Crippen LogP contribution is -2.38. The number of aryl methyl sites for hydroxylation is 1. The standard InChI is InChI=1S/C26H38N6S/c1-21-12-7-10-19-32(21)24-20-23(31-17-8-2-3-9-18-31)28-25(29-24)30-26(33)27-16-11-15-22-13-5-4-6-14-22/h4-6,13-14,20-21H,2-3,7-12,15-19H2,1H3,(H2,27,28,29,30,33). The Kier molecular flexibility index (Phi) is 8.75. The fourth-order valence-electron chi connectivity index (χ4n) is 4.81. The van der Waals surface area contributed by atoms with Crippen LogP contribution in [0.3, 0.4) is 0 Å². The van der Waals surface area contributed by atoms with Gasteiger partial charge >= 0.3 is 0 Å². The van der Waals surface area contributed by atoms with Crippen LogP contribution in [0.15, 0.2) is 36.4 Å². The number of benzene rings is 1. The molecule has 2 aromatic rings. The lowest BCUT2D eigenvalue weighted by atomic mass is 10.0. The van der Waals surface area contributed by atoms with Gasteiger partial charge < -0.3 is 20.4 Å². The van der Waals surface area contributed by atoms with E-state index in [0.29, 0.717) is 17.1 Å². The van der Waals surface area contributed by atoms with Crippen LogP contribution in [-0.2, 0) is 6.42 Å². The van der Waals surface area contributed by atoms with Gasteiger partial charge in [0, 0.05) is 38.3 Å². The predicted octanol–water partition coefficient (Wildman–Crippen LogP) is 5.16. The summed E-state index contributed by atoms with van der Waals surface area (Å²) < 4.78 is 0. The molecule has 1 unspecified atom stereocenters. The topological polar surface area (TPSA) is 56.3 Å². The maximum Gasteiger partial charge on any atom is 0.232 e. The molecule has 3 heterocycles. The van der Waals surface area contributed by atoms with E-state index in [-0.39, 0.29) is 0 Å². The molecule has 7 heteroatoms. The maximum atomic E-state index is 5.58. The molecule has 33 heavy (non-hydrogen) atoms. The fourth-order valence-corrected chi connectivity index (χ4v) is 5.00. The molecule has 0 saturated carbocycles. The van der Waals surface area contributed by atoms with Crippen molar-refractivity contribution in [3.63, 3.8) is 0 Å². The molecule has 0 spiro atoms. The Morgan fingerprint density at radius 1 is 0.970 bits per heavy atom. The third-order valence-electron chi connectivity index (χ3n) is 6.72. The van der Waals surface area contributed by atoms with Gasteiger partial charge in [-0.15, -0.1) is 0 Å². The molecule has 4 rings (SSSR count). The summed E-state index contributed by atoms with van der Waals surface area (Å²) in [6.45, 7) is 6.31. The zero-order valence-electron chi connectivity index (χ0n) is 19.9. The van der Waals surface area contributed by atoms with Crippen molar-refractivity contribution in [2.24, 2.45) is 0 Å². The van der Waals surface area contributed by atoms with Crippen molar-refractivity contribution < 1.29 is 0 Å². The molecule has 1 atom stereocenters. The van der Waals surface area contributed by atoms with Crippen molar-refractivity contribution in [3.05, 3.63) is 42.0 Å². The second kappa shape index (κ2) is 12.2. The summed E-state index contributed by atoms with van der Waals surface area (Å²) in [6.07, 6.45) is 10.9. The number of piperidine rings is 1. The summed E-state index contributed by atoms with van der Waals surface area (Å²) in [7, 11) is 0. The van der Waals surface area contributed by atoms with Crippen LogP contribution in [0.2, 0.25) is 0 Å². The molecule has 1 aromatic heterocycles. The summed E-state index contributed by atoms with van der Waals surface area (Å²) in [5.41, 5.74) is 1.35. The number of hydrogen-bond acceptors (Lipinski definition) is 5. The summed E-state index contributed by atoms with van der Waals surface area (Å²) >= 11 is 5.58. The molecule has 0 aliphatic carbocycles. The first-order valence-electron chi connectivity index (χ1n) is 12.7. The van der Waals surface area contributed by atoms with Crippen LogP contribution in [0.25, 0.3) is 0 Å². The van der Waals surface area contributed by atoms with E-state index < -0.39 is 0 Å². The van der Waals surface area contributed by atoms with Crippen molar-refractivity contribution in [1.82, 2.24) is 15.3 Å². The van der Waals surface area contributed by atoms with Gasteiger partial charge in [0.2, 0.25) is 5.95 Å². The molecule has 2 aliphatic rings. The number of nitrogens with one attached hydrogen (secondary N) is 2. The normalized spacial score (nSPS) is 19.1. The summed E-state index contributed by atoms with van der Waals surface area (Å²) in [6, 6.07) is 13.3. The van der Waals surface area contributed by atoms with E-state index in [0.717, 1.165) is 50.7 Å². The van der Waals surface area contributed by atoms with Crippen LogP contribution in [0, 0.1) is 0 Å². The highest BCUT2D eigenvalue weighted by molar-refractivity contribution is 7.80. The van der Waals surface area contributed by atoms with Crippen molar-refractivity contribution in [3.8, 4) is 0 Å². The maximum absolute atomic E-state index is 5.58. The van der Waals surface area contributed by atoms with Crippen LogP contribution in [-0.4, -0.2) is 47.3 Å². The average Bonchev–Trinajstić information content (AvgIpc) is 3.12. The van der Waals surface area contributed by atoms with Gasteiger partial charge in [-0.2, -0.15) is 9.97 Å². The van der Waals surface area contributed by atoms with Gasteiger partial charge in [-0.1, -0.05) is 43.2 Å². The Hall–Kier alpha value is -2.41. The van der Waals surface area contributed by atoms with E-state index in [1.165, 1.54) is 50.5 Å². The first-order chi connectivity index (χ1) is 16.2. The highest BCUT2D eigenvalue weighted by atomic mass is 32.1. The van der Waals surface area contributed by atoms with E-state index in [1.807, 2.05) is 0 Å². The Balaban J connectivity index is 1.42. The summed E-state index contributed by atoms with van der Waals surface area (Å²) in [5, 5.41) is 7.20. The minimum Gasteiger partial charge on any atom is -0.362 e. The molecular formula is C26H38N6S. The minimum absolute atomic E-state index is 0.501. The molecule has 0 bridgehead atoms. The Labute approximate surface area is 204 Å². The molecule has 6 nitrogen and oxygen atoms in total. The molecule has 1 aromatic carbocycles. The molecule has 0 amide bonds. The number of nitrogens with zero attached hydrogens (tertiary/aromatic N) is 4. The van der Waals surface area contributed by atoms with E-state index >= 15 is 0 Å². The average molecular weight is 467 g/mol. The van der Waals surface area contributed by atoms with E-state index in [2.05, 4.69) is 63.8 Å². The van der Waals surface area contributed by atoms with E-state index in [9.17, 15) is 0 Å². The Morgan fingerprint density at radius 3 is 2.45 bits per heavy atom. The summed E-state index contributed by atoms with van der Waals surface area (Å²) in [4.78, 5) is 14.6. The van der Waals surface area contributed by atoms with Crippen molar-refractivity contribution in [2.45, 2.75) is 70.8 Å². The van der Waals surface area contributed by atoms with Crippen LogP contribution in [0.5, 0.6) is 0 Å². The molecular weight excluding hydrogens is 428 g/mol. The number of thiocarbonyl (C=S) groups is 1. The first kappa shape index (κ1) is 23.7. The fraction of sp³-hybridized carbons (Fsp3) is 0.577.